The molecular formula is C17H26N4O2S. The number of hydrogen-bond donors (Lipinski definition) is 0. The minimum atomic E-state index is 0.0776. The van der Waals surface area contributed by atoms with Crippen molar-refractivity contribution in [3.05, 3.63) is 23.0 Å². The van der Waals surface area contributed by atoms with E-state index < -0.39 is 0 Å². The van der Waals surface area contributed by atoms with E-state index in [1.54, 1.807) is 18.4 Å². The number of methoxy groups -OCH3 is 1. The zero-order valence-corrected chi connectivity index (χ0v) is 15.5. The average Bonchev–Trinajstić information content (AvgIpc) is 3.27. The molecule has 0 radical (unpaired) electrons. The van der Waals surface area contributed by atoms with Crippen molar-refractivity contribution >= 4 is 22.2 Å². The number of likely N-dealkylation sites (tertiary alicyclic amines) is 1. The molecule has 3 heterocycles. The summed E-state index contributed by atoms with van der Waals surface area (Å²) in [6, 6.07) is 0.374. The van der Waals surface area contributed by atoms with Crippen molar-refractivity contribution in [1.29, 1.82) is 0 Å². The van der Waals surface area contributed by atoms with Crippen molar-refractivity contribution in [2.45, 2.75) is 39.3 Å². The van der Waals surface area contributed by atoms with Crippen molar-refractivity contribution in [2.75, 3.05) is 33.4 Å². The number of ether oxygens (including phenoxy) is 1. The molecule has 0 saturated carbocycles. The van der Waals surface area contributed by atoms with Gasteiger partial charge in [0.05, 0.1) is 12.3 Å². The summed E-state index contributed by atoms with van der Waals surface area (Å²) in [5, 5.41) is 2.02. The molecule has 0 bridgehead atoms. The molecule has 0 unspecified atom stereocenters. The lowest BCUT2D eigenvalue weighted by atomic mass is 10.2. The number of carbonyl (C=O) groups excluding carboxylic acids is 1. The molecule has 0 N–H and O–H groups in total. The highest BCUT2D eigenvalue weighted by Gasteiger charge is 2.27. The van der Waals surface area contributed by atoms with Crippen molar-refractivity contribution in [2.24, 2.45) is 0 Å². The number of rotatable bonds is 7. The summed E-state index contributed by atoms with van der Waals surface area (Å²) in [5.41, 5.74) is 1.61. The minimum absolute atomic E-state index is 0.0776. The predicted octanol–water partition coefficient (Wildman–Crippen LogP) is 2.49. The van der Waals surface area contributed by atoms with Gasteiger partial charge in [0.15, 0.2) is 10.7 Å². The van der Waals surface area contributed by atoms with Crippen molar-refractivity contribution in [3.63, 3.8) is 0 Å². The van der Waals surface area contributed by atoms with E-state index in [4.69, 9.17) is 4.74 Å². The Balaban J connectivity index is 1.90. The van der Waals surface area contributed by atoms with Crippen LogP contribution < -0.4 is 0 Å². The highest BCUT2D eigenvalue weighted by molar-refractivity contribution is 7.15. The van der Waals surface area contributed by atoms with E-state index in [1.807, 2.05) is 16.5 Å². The van der Waals surface area contributed by atoms with Crippen LogP contribution in [0.4, 0.5) is 0 Å². The van der Waals surface area contributed by atoms with Crippen LogP contribution in [-0.2, 0) is 11.3 Å². The van der Waals surface area contributed by atoms with Crippen LogP contribution >= 0.6 is 11.3 Å². The minimum Gasteiger partial charge on any atom is -0.383 e. The van der Waals surface area contributed by atoms with Gasteiger partial charge in [0, 0.05) is 50.9 Å². The molecule has 132 valence electrons. The van der Waals surface area contributed by atoms with Crippen LogP contribution in [0.3, 0.4) is 0 Å². The fourth-order valence-corrected chi connectivity index (χ4v) is 3.88. The smallest absolute Gasteiger partial charge is 0.274 e. The Morgan fingerprint density at radius 1 is 1.42 bits per heavy atom. The molecule has 0 aromatic carbocycles. The molecule has 2 aromatic heterocycles. The van der Waals surface area contributed by atoms with Gasteiger partial charge in [0.2, 0.25) is 0 Å². The number of hydrogen-bond acceptors (Lipinski definition) is 5. The van der Waals surface area contributed by atoms with E-state index in [0.717, 1.165) is 43.1 Å². The molecule has 6 nitrogen and oxygen atoms in total. The highest BCUT2D eigenvalue weighted by atomic mass is 32.1. The maximum atomic E-state index is 12.9. The zero-order chi connectivity index (χ0) is 17.1. The van der Waals surface area contributed by atoms with E-state index in [9.17, 15) is 4.79 Å². The second kappa shape index (κ2) is 7.63. The number of nitrogens with zero attached hydrogens (tertiary/aromatic N) is 4. The molecule has 0 atom stereocenters. The molecule has 7 heteroatoms. The number of thiazole rings is 1. The first kappa shape index (κ1) is 17.4. The second-order valence-corrected chi connectivity index (χ2v) is 7.39. The Morgan fingerprint density at radius 3 is 2.83 bits per heavy atom. The normalized spacial score (nSPS) is 15.3. The molecule has 0 spiro atoms. The molecule has 1 saturated heterocycles. The molecule has 3 rings (SSSR count). The van der Waals surface area contributed by atoms with E-state index in [-0.39, 0.29) is 5.91 Å². The zero-order valence-electron chi connectivity index (χ0n) is 14.7. The average molecular weight is 350 g/mol. The predicted molar refractivity (Wildman–Crippen MR) is 95.6 cm³/mol. The largest absolute Gasteiger partial charge is 0.383 e. The van der Waals surface area contributed by atoms with Gasteiger partial charge in [0.1, 0.15) is 0 Å². The number of aromatic nitrogens is 2. The first-order chi connectivity index (χ1) is 11.6. The summed E-state index contributed by atoms with van der Waals surface area (Å²) in [4.78, 5) is 22.7. The van der Waals surface area contributed by atoms with E-state index in [1.165, 1.54) is 0 Å². The summed E-state index contributed by atoms with van der Waals surface area (Å²) in [5.74, 6) is 0.0776. The van der Waals surface area contributed by atoms with Gasteiger partial charge in [-0.3, -0.25) is 14.1 Å². The molecule has 0 aliphatic carbocycles. The Bertz CT molecular complexity index is 688. The van der Waals surface area contributed by atoms with Crippen molar-refractivity contribution in [3.8, 4) is 0 Å². The van der Waals surface area contributed by atoms with E-state index in [0.29, 0.717) is 24.9 Å². The van der Waals surface area contributed by atoms with Crippen molar-refractivity contribution in [1.82, 2.24) is 19.2 Å². The lowest BCUT2D eigenvalue weighted by Crippen LogP contribution is -2.35. The lowest BCUT2D eigenvalue weighted by Gasteiger charge is -2.26. The third kappa shape index (κ3) is 3.48. The molecule has 24 heavy (non-hydrogen) atoms. The third-order valence-electron chi connectivity index (χ3n) is 4.62. The van der Waals surface area contributed by atoms with Crippen LogP contribution in [0.15, 0.2) is 11.6 Å². The summed E-state index contributed by atoms with van der Waals surface area (Å²) >= 11 is 1.57. The van der Waals surface area contributed by atoms with Gasteiger partial charge in [-0.15, -0.1) is 11.3 Å². The number of fused-ring (bicyclic) bond motifs is 1. The number of carbonyl (C=O) groups is 1. The van der Waals surface area contributed by atoms with Gasteiger partial charge < -0.3 is 9.64 Å². The fourth-order valence-electron chi connectivity index (χ4n) is 3.15. The van der Waals surface area contributed by atoms with Crippen LogP contribution in [-0.4, -0.2) is 64.5 Å². The molecular weight excluding hydrogens is 324 g/mol. The summed E-state index contributed by atoms with van der Waals surface area (Å²) in [6.45, 7) is 8.25. The Labute approximate surface area is 147 Å². The summed E-state index contributed by atoms with van der Waals surface area (Å²) in [6.07, 6.45) is 4.20. The van der Waals surface area contributed by atoms with Crippen LogP contribution in [0, 0.1) is 0 Å². The van der Waals surface area contributed by atoms with Gasteiger partial charge >= 0.3 is 0 Å². The highest BCUT2D eigenvalue weighted by Crippen LogP contribution is 2.22. The quantitative estimate of drug-likeness (QED) is 0.770. The molecule has 1 amide bonds. The molecule has 2 aromatic rings. The first-order valence-electron chi connectivity index (χ1n) is 8.58. The maximum absolute atomic E-state index is 12.9. The van der Waals surface area contributed by atoms with E-state index in [2.05, 4.69) is 28.1 Å². The Kier molecular flexibility index (Phi) is 5.53. The fraction of sp³-hybridized carbons (Fsp3) is 0.647. The lowest BCUT2D eigenvalue weighted by molar-refractivity contribution is 0.0783. The van der Waals surface area contributed by atoms with Crippen molar-refractivity contribution < 1.29 is 9.53 Å². The summed E-state index contributed by atoms with van der Waals surface area (Å²) in [7, 11) is 1.72. The number of amides is 1. The molecule has 1 aliphatic heterocycles. The SMILES string of the molecule is COCCN(Cc1c(C(=O)N2CCCC2)nc2sccn12)C(C)C. The molecule has 1 aliphatic rings. The van der Waals surface area contributed by atoms with Gasteiger partial charge in [-0.1, -0.05) is 0 Å². The topological polar surface area (TPSA) is 50.1 Å². The van der Waals surface area contributed by atoms with E-state index >= 15 is 0 Å². The maximum Gasteiger partial charge on any atom is 0.274 e. The Morgan fingerprint density at radius 2 is 2.17 bits per heavy atom. The van der Waals surface area contributed by atoms with Gasteiger partial charge in [-0.05, 0) is 26.7 Å². The first-order valence-corrected chi connectivity index (χ1v) is 9.46. The Hall–Kier alpha value is -1.44. The summed E-state index contributed by atoms with van der Waals surface area (Å²) < 4.78 is 7.30. The number of imidazole rings is 1. The van der Waals surface area contributed by atoms with Crippen LogP contribution in [0.25, 0.3) is 4.96 Å². The van der Waals surface area contributed by atoms with Crippen LogP contribution in [0.2, 0.25) is 0 Å². The van der Waals surface area contributed by atoms with Gasteiger partial charge in [-0.25, -0.2) is 4.98 Å². The standard InChI is InChI=1S/C17H26N4O2S/c1-13(2)20(8-10-23-3)12-14-15(16(22)19-6-4-5-7-19)18-17-21(14)9-11-24-17/h9,11,13H,4-8,10,12H2,1-3H3. The van der Waals surface area contributed by atoms with Gasteiger partial charge in [-0.2, -0.15) is 0 Å². The second-order valence-electron chi connectivity index (χ2n) is 6.52. The third-order valence-corrected chi connectivity index (χ3v) is 5.38. The van der Waals surface area contributed by atoms with Crippen LogP contribution in [0.1, 0.15) is 42.9 Å². The molecule has 1 fully saturated rings. The van der Waals surface area contributed by atoms with Crippen LogP contribution in [0.5, 0.6) is 0 Å². The van der Waals surface area contributed by atoms with Gasteiger partial charge in [0.25, 0.3) is 5.91 Å². The monoisotopic (exact) mass is 350 g/mol.